The topological polar surface area (TPSA) is 87.3 Å². The molecule has 6 nitrogen and oxygen atoms in total. The molecule has 6 heteroatoms. The van der Waals surface area contributed by atoms with E-state index in [1.165, 1.54) is 0 Å². The largest absolute Gasteiger partial charge is 0.340 e. The minimum atomic E-state index is -0.926. The smallest absolute Gasteiger partial charge is 0.254 e. The lowest BCUT2D eigenvalue weighted by atomic mass is 10.1. The van der Waals surface area contributed by atoms with Crippen LogP contribution in [-0.2, 0) is 9.59 Å². The van der Waals surface area contributed by atoms with Crippen LogP contribution in [0.3, 0.4) is 0 Å². The van der Waals surface area contributed by atoms with Crippen molar-refractivity contribution in [1.82, 2.24) is 5.32 Å². The predicted octanol–water partition coefficient (Wildman–Crippen LogP) is 2.38. The fourth-order valence-corrected chi connectivity index (χ4v) is 2.73. The molecule has 3 amide bonds. The Morgan fingerprint density at radius 3 is 2.64 bits per heavy atom. The third-order valence-electron chi connectivity index (χ3n) is 4.32. The van der Waals surface area contributed by atoms with E-state index < -0.39 is 11.9 Å². The predicted molar refractivity (Wildman–Crippen MR) is 95.5 cm³/mol. The van der Waals surface area contributed by atoms with E-state index >= 15 is 0 Å². The molecule has 3 N–H and O–H groups in total. The van der Waals surface area contributed by atoms with Gasteiger partial charge in [0.15, 0.2) is 0 Å². The van der Waals surface area contributed by atoms with Crippen molar-refractivity contribution in [2.24, 2.45) is 0 Å². The van der Waals surface area contributed by atoms with Crippen molar-refractivity contribution in [2.75, 3.05) is 10.6 Å². The first-order chi connectivity index (χ1) is 12.0. The quantitative estimate of drug-likeness (QED) is 0.803. The minimum absolute atomic E-state index is 0.140. The average Bonchev–Trinajstić information content (AvgIpc) is 2.69. The number of hydrogen-bond acceptors (Lipinski definition) is 3. The van der Waals surface area contributed by atoms with Crippen LogP contribution >= 0.6 is 0 Å². The van der Waals surface area contributed by atoms with Gasteiger partial charge in [0.25, 0.3) is 5.91 Å². The van der Waals surface area contributed by atoms with Gasteiger partial charge in [0.05, 0.1) is 17.7 Å². The van der Waals surface area contributed by atoms with E-state index in [0.717, 1.165) is 11.1 Å². The number of hydrogen-bond donors (Lipinski definition) is 3. The van der Waals surface area contributed by atoms with Gasteiger partial charge in [0.2, 0.25) is 11.8 Å². The van der Waals surface area contributed by atoms with Crippen molar-refractivity contribution in [3.8, 4) is 0 Å². The molecule has 1 atom stereocenters. The second-order valence-electron chi connectivity index (χ2n) is 6.06. The van der Waals surface area contributed by atoms with Gasteiger partial charge in [0.1, 0.15) is 6.04 Å². The Kier molecular flexibility index (Phi) is 4.52. The SMILES string of the molecule is Cc1cccc(NC(=O)C[C@H]2NC(=O)c3ccccc3NC2=O)c1C. The minimum Gasteiger partial charge on any atom is -0.340 e. The van der Waals surface area contributed by atoms with Crippen LogP contribution in [0.25, 0.3) is 0 Å². The van der Waals surface area contributed by atoms with Crippen LogP contribution in [0.5, 0.6) is 0 Å². The van der Waals surface area contributed by atoms with Gasteiger partial charge >= 0.3 is 0 Å². The van der Waals surface area contributed by atoms with Gasteiger partial charge in [-0.3, -0.25) is 14.4 Å². The second-order valence-corrected chi connectivity index (χ2v) is 6.06. The summed E-state index contributed by atoms with van der Waals surface area (Å²) in [7, 11) is 0. The average molecular weight is 337 g/mol. The monoisotopic (exact) mass is 337 g/mol. The van der Waals surface area contributed by atoms with Gasteiger partial charge < -0.3 is 16.0 Å². The zero-order chi connectivity index (χ0) is 18.0. The molecule has 0 unspecified atom stereocenters. The van der Waals surface area contributed by atoms with E-state index in [-0.39, 0.29) is 18.2 Å². The highest BCUT2D eigenvalue weighted by atomic mass is 16.2. The Morgan fingerprint density at radius 1 is 1.08 bits per heavy atom. The highest BCUT2D eigenvalue weighted by Gasteiger charge is 2.29. The molecule has 0 saturated carbocycles. The highest BCUT2D eigenvalue weighted by molar-refractivity contribution is 6.11. The fraction of sp³-hybridized carbons (Fsp3) is 0.211. The molecule has 0 aromatic heterocycles. The van der Waals surface area contributed by atoms with E-state index in [1.54, 1.807) is 24.3 Å². The summed E-state index contributed by atoms with van der Waals surface area (Å²) < 4.78 is 0. The third-order valence-corrected chi connectivity index (χ3v) is 4.32. The van der Waals surface area contributed by atoms with Crippen LogP contribution in [-0.4, -0.2) is 23.8 Å². The molecule has 0 bridgehead atoms. The van der Waals surface area contributed by atoms with Crippen LogP contribution in [0.15, 0.2) is 42.5 Å². The summed E-state index contributed by atoms with van der Waals surface area (Å²) in [4.78, 5) is 36.9. The molecule has 0 radical (unpaired) electrons. The number of nitrogens with one attached hydrogen (secondary N) is 3. The van der Waals surface area contributed by atoms with Crippen LogP contribution in [0.4, 0.5) is 11.4 Å². The lowest BCUT2D eigenvalue weighted by Gasteiger charge is -2.15. The molecule has 128 valence electrons. The number of anilines is 2. The summed E-state index contributed by atoms with van der Waals surface area (Å²) in [6, 6.07) is 11.4. The normalized spacial score (nSPS) is 16.3. The van der Waals surface area contributed by atoms with Crippen molar-refractivity contribution >= 4 is 29.1 Å². The lowest BCUT2D eigenvalue weighted by molar-refractivity contribution is -0.122. The van der Waals surface area contributed by atoms with Gasteiger partial charge in [-0.2, -0.15) is 0 Å². The molecule has 1 aliphatic heterocycles. The molecule has 0 saturated heterocycles. The van der Waals surface area contributed by atoms with E-state index in [2.05, 4.69) is 16.0 Å². The molecule has 25 heavy (non-hydrogen) atoms. The molecule has 0 fully saturated rings. The van der Waals surface area contributed by atoms with Crippen molar-refractivity contribution in [3.63, 3.8) is 0 Å². The number of amides is 3. The van der Waals surface area contributed by atoms with Crippen molar-refractivity contribution in [1.29, 1.82) is 0 Å². The summed E-state index contributed by atoms with van der Waals surface area (Å²) in [6.45, 7) is 3.88. The van der Waals surface area contributed by atoms with Crippen LogP contribution in [0.1, 0.15) is 27.9 Å². The highest BCUT2D eigenvalue weighted by Crippen LogP contribution is 2.20. The van der Waals surface area contributed by atoms with Crippen LogP contribution < -0.4 is 16.0 Å². The van der Waals surface area contributed by atoms with Crippen molar-refractivity contribution < 1.29 is 14.4 Å². The number of para-hydroxylation sites is 1. The molecule has 3 rings (SSSR count). The number of carbonyl (C=O) groups excluding carboxylic acids is 3. The third kappa shape index (κ3) is 3.52. The van der Waals surface area contributed by atoms with E-state index in [0.29, 0.717) is 16.9 Å². The van der Waals surface area contributed by atoms with E-state index in [9.17, 15) is 14.4 Å². The van der Waals surface area contributed by atoms with Crippen molar-refractivity contribution in [3.05, 3.63) is 59.2 Å². The molecule has 0 aliphatic carbocycles. The summed E-state index contributed by atoms with van der Waals surface area (Å²) in [6.07, 6.45) is -0.140. The zero-order valence-corrected chi connectivity index (χ0v) is 14.1. The molecule has 1 heterocycles. The first-order valence-electron chi connectivity index (χ1n) is 8.02. The summed E-state index contributed by atoms with van der Waals surface area (Å²) in [5.74, 6) is -1.12. The Morgan fingerprint density at radius 2 is 1.84 bits per heavy atom. The molecule has 2 aromatic rings. The van der Waals surface area contributed by atoms with E-state index in [4.69, 9.17) is 0 Å². The van der Waals surface area contributed by atoms with E-state index in [1.807, 2.05) is 32.0 Å². The maximum absolute atomic E-state index is 12.3. The standard InChI is InChI=1S/C19H19N3O3/c1-11-6-5-9-14(12(11)2)20-17(23)10-16-19(25)21-15-8-4-3-7-13(15)18(24)22-16/h3-9,16H,10H2,1-2H3,(H,20,23)(H,21,25)(H,22,24)/t16-/m1/s1. The summed E-state index contributed by atoms with van der Waals surface area (Å²) >= 11 is 0. The zero-order valence-electron chi connectivity index (χ0n) is 14.1. The molecule has 0 spiro atoms. The van der Waals surface area contributed by atoms with Gasteiger partial charge in [-0.05, 0) is 43.2 Å². The first-order valence-corrected chi connectivity index (χ1v) is 8.02. The molecular formula is C19H19N3O3. The Balaban J connectivity index is 1.72. The summed E-state index contributed by atoms with van der Waals surface area (Å²) in [5, 5.41) is 8.11. The maximum atomic E-state index is 12.3. The van der Waals surface area contributed by atoms with Crippen molar-refractivity contribution in [2.45, 2.75) is 26.3 Å². The lowest BCUT2D eigenvalue weighted by Crippen LogP contribution is -2.43. The molecular weight excluding hydrogens is 318 g/mol. The number of benzene rings is 2. The van der Waals surface area contributed by atoms with Gasteiger partial charge in [-0.15, -0.1) is 0 Å². The number of fused-ring (bicyclic) bond motifs is 1. The molecule has 2 aromatic carbocycles. The maximum Gasteiger partial charge on any atom is 0.254 e. The molecule has 1 aliphatic rings. The first kappa shape index (κ1) is 16.7. The number of carbonyl (C=O) groups is 3. The number of rotatable bonds is 3. The summed E-state index contributed by atoms with van der Waals surface area (Å²) in [5.41, 5.74) is 3.57. The fourth-order valence-electron chi connectivity index (χ4n) is 2.73. The van der Waals surface area contributed by atoms with Gasteiger partial charge in [-0.1, -0.05) is 24.3 Å². The number of aryl methyl sites for hydroxylation is 1. The Bertz CT molecular complexity index is 861. The Hall–Kier alpha value is -3.15. The van der Waals surface area contributed by atoms with Crippen LogP contribution in [0, 0.1) is 13.8 Å². The van der Waals surface area contributed by atoms with Gasteiger partial charge in [0, 0.05) is 5.69 Å². The second kappa shape index (κ2) is 6.76. The van der Waals surface area contributed by atoms with Gasteiger partial charge in [-0.25, -0.2) is 0 Å². The Labute approximate surface area is 145 Å². The van der Waals surface area contributed by atoms with Crippen LogP contribution in [0.2, 0.25) is 0 Å².